The SMILES string of the molecule is C#CC#CC#CC(=O)NC(C)(CCCCCCCCCCCCCCCC)CCc1c(C)c(OC(C)=O)c(C)c(C)c1OC(C)=O.[HH].[HH]. The average molecular weight is 636 g/mol. The minimum absolute atomic E-state index is 0. The first-order valence-electron chi connectivity index (χ1n) is 17.2. The first-order valence-corrected chi connectivity index (χ1v) is 17.2. The van der Waals surface area contributed by atoms with Crippen molar-refractivity contribution in [3.05, 3.63) is 22.3 Å². The number of carbonyl (C=O) groups excluding carboxylic acids is 3. The maximum absolute atomic E-state index is 12.8. The fraction of sp³-hybridized carbons (Fsp3) is 0.625. The van der Waals surface area contributed by atoms with E-state index in [1.54, 1.807) is 0 Å². The van der Waals surface area contributed by atoms with Crippen LogP contribution in [0.4, 0.5) is 0 Å². The largest absolute Gasteiger partial charge is 0.426 e. The van der Waals surface area contributed by atoms with Gasteiger partial charge in [-0.1, -0.05) is 96.8 Å². The number of unbranched alkanes of at least 4 members (excludes halogenated alkanes) is 13. The summed E-state index contributed by atoms with van der Waals surface area (Å²) < 4.78 is 11.3. The number of esters is 2. The van der Waals surface area contributed by atoms with Gasteiger partial charge in [0, 0.05) is 33.7 Å². The van der Waals surface area contributed by atoms with E-state index in [0.717, 1.165) is 41.5 Å². The summed E-state index contributed by atoms with van der Waals surface area (Å²) in [4.78, 5) is 36.7. The molecular formula is C40H61NO5. The highest BCUT2D eigenvalue weighted by molar-refractivity contribution is 5.94. The van der Waals surface area contributed by atoms with Gasteiger partial charge in [-0.25, -0.2) is 0 Å². The fourth-order valence-electron chi connectivity index (χ4n) is 5.86. The Morgan fingerprint density at radius 2 is 1.17 bits per heavy atom. The number of carbonyl (C=O) groups is 3. The van der Waals surface area contributed by atoms with Gasteiger partial charge in [-0.3, -0.25) is 14.4 Å². The number of amides is 1. The van der Waals surface area contributed by atoms with Crippen LogP contribution in [-0.2, 0) is 20.8 Å². The zero-order chi connectivity index (χ0) is 34.4. The monoisotopic (exact) mass is 635 g/mol. The topological polar surface area (TPSA) is 81.7 Å². The second-order valence-corrected chi connectivity index (χ2v) is 12.7. The van der Waals surface area contributed by atoms with Crippen molar-refractivity contribution >= 4 is 17.8 Å². The van der Waals surface area contributed by atoms with Gasteiger partial charge in [-0.15, -0.1) is 6.42 Å². The van der Waals surface area contributed by atoms with Crippen molar-refractivity contribution in [2.75, 3.05) is 0 Å². The fourth-order valence-corrected chi connectivity index (χ4v) is 5.86. The van der Waals surface area contributed by atoms with Gasteiger partial charge in [-0.05, 0) is 87.3 Å². The van der Waals surface area contributed by atoms with Gasteiger partial charge in [0.1, 0.15) is 11.5 Å². The number of nitrogens with one attached hydrogen (secondary N) is 1. The summed E-state index contributed by atoms with van der Waals surface area (Å²) in [6.45, 7) is 12.6. The quantitative estimate of drug-likeness (QED) is 0.0630. The van der Waals surface area contributed by atoms with Gasteiger partial charge < -0.3 is 14.8 Å². The predicted molar refractivity (Wildman–Crippen MR) is 192 cm³/mol. The smallest absolute Gasteiger partial charge is 0.308 e. The Morgan fingerprint density at radius 3 is 1.67 bits per heavy atom. The molecule has 0 spiro atoms. The first-order chi connectivity index (χ1) is 22.0. The van der Waals surface area contributed by atoms with Crippen molar-refractivity contribution < 1.29 is 26.7 Å². The molecule has 0 saturated carbocycles. The van der Waals surface area contributed by atoms with E-state index < -0.39 is 23.4 Å². The summed E-state index contributed by atoms with van der Waals surface area (Å²) >= 11 is 0. The van der Waals surface area contributed by atoms with Crippen molar-refractivity contribution in [1.82, 2.24) is 5.32 Å². The molecular weight excluding hydrogens is 574 g/mol. The lowest BCUT2D eigenvalue weighted by molar-refractivity contribution is -0.133. The zero-order valence-electron chi connectivity index (χ0n) is 29.6. The molecule has 0 radical (unpaired) electrons. The summed E-state index contributed by atoms with van der Waals surface area (Å²) in [7, 11) is 0. The Bertz CT molecular complexity index is 1330. The molecule has 0 heterocycles. The number of hydrogen-bond acceptors (Lipinski definition) is 5. The van der Waals surface area contributed by atoms with E-state index in [4.69, 9.17) is 15.9 Å². The van der Waals surface area contributed by atoms with E-state index >= 15 is 0 Å². The Balaban J connectivity index is 0. The molecule has 1 unspecified atom stereocenters. The molecule has 1 aromatic rings. The van der Waals surface area contributed by atoms with Crippen molar-refractivity contribution in [2.24, 2.45) is 0 Å². The van der Waals surface area contributed by atoms with E-state index in [2.05, 4.69) is 41.8 Å². The highest BCUT2D eigenvalue weighted by atomic mass is 16.5. The molecule has 6 heteroatoms. The minimum Gasteiger partial charge on any atom is -0.426 e. The standard InChI is InChI=1S/C40H57NO5.2H2/c1-9-11-13-15-16-17-18-19-20-21-22-23-24-26-29-40(8,41-37(44)27-25-14-12-10-2)30-28-36-33(5)38(45-34(6)42)31(3)32(4)39(36)46-35(7)43;;/h2H,9,11,13,15-24,26,28-30H2,1,3-8H3,(H,41,44);2*1H. The number of hydrogen-bond donors (Lipinski definition) is 1. The van der Waals surface area contributed by atoms with Crippen LogP contribution in [0.3, 0.4) is 0 Å². The molecule has 0 aliphatic rings. The molecule has 1 atom stereocenters. The molecule has 46 heavy (non-hydrogen) atoms. The second kappa shape index (κ2) is 22.8. The highest BCUT2D eigenvalue weighted by Crippen LogP contribution is 2.39. The van der Waals surface area contributed by atoms with Gasteiger partial charge in [0.25, 0.3) is 5.91 Å². The van der Waals surface area contributed by atoms with Crippen LogP contribution in [0, 0.1) is 56.8 Å². The van der Waals surface area contributed by atoms with Gasteiger partial charge in [-0.2, -0.15) is 0 Å². The van der Waals surface area contributed by atoms with Crippen LogP contribution in [0.1, 0.15) is 156 Å². The maximum atomic E-state index is 12.8. The number of ether oxygens (including phenoxy) is 2. The molecule has 1 aromatic carbocycles. The third-order valence-corrected chi connectivity index (χ3v) is 8.60. The lowest BCUT2D eigenvalue weighted by atomic mass is 9.85. The van der Waals surface area contributed by atoms with E-state index in [9.17, 15) is 14.4 Å². The van der Waals surface area contributed by atoms with Crippen LogP contribution < -0.4 is 14.8 Å². The zero-order valence-corrected chi connectivity index (χ0v) is 29.6. The summed E-state index contributed by atoms with van der Waals surface area (Å²) in [5, 5.41) is 3.11. The molecule has 1 amide bonds. The van der Waals surface area contributed by atoms with Crippen LogP contribution in [0.5, 0.6) is 11.5 Å². The maximum Gasteiger partial charge on any atom is 0.308 e. The number of rotatable bonds is 21. The molecule has 256 valence electrons. The Kier molecular flexibility index (Phi) is 20.0. The lowest BCUT2D eigenvalue weighted by Gasteiger charge is -2.31. The Morgan fingerprint density at radius 1 is 0.696 bits per heavy atom. The van der Waals surface area contributed by atoms with Gasteiger partial charge >= 0.3 is 11.9 Å². The Labute approximate surface area is 282 Å². The van der Waals surface area contributed by atoms with E-state index in [1.807, 2.05) is 27.7 Å². The van der Waals surface area contributed by atoms with E-state index in [1.165, 1.54) is 90.9 Å². The third-order valence-electron chi connectivity index (χ3n) is 8.60. The van der Waals surface area contributed by atoms with Crippen LogP contribution in [0.25, 0.3) is 0 Å². The molecule has 6 nitrogen and oxygen atoms in total. The molecule has 0 aliphatic carbocycles. The van der Waals surface area contributed by atoms with Crippen LogP contribution in [-0.4, -0.2) is 23.4 Å². The van der Waals surface area contributed by atoms with E-state index in [-0.39, 0.29) is 2.85 Å². The van der Waals surface area contributed by atoms with Crippen molar-refractivity contribution in [1.29, 1.82) is 0 Å². The van der Waals surface area contributed by atoms with Crippen LogP contribution >= 0.6 is 0 Å². The van der Waals surface area contributed by atoms with E-state index in [0.29, 0.717) is 24.3 Å². The summed E-state index contributed by atoms with van der Waals surface area (Å²) in [5.41, 5.74) is 2.42. The minimum atomic E-state index is -0.581. The van der Waals surface area contributed by atoms with Gasteiger partial charge in [0.15, 0.2) is 0 Å². The third kappa shape index (κ3) is 16.0. The number of terminal acetylenes is 1. The van der Waals surface area contributed by atoms with Crippen LogP contribution in [0.2, 0.25) is 0 Å². The molecule has 0 saturated heterocycles. The second-order valence-electron chi connectivity index (χ2n) is 12.7. The lowest BCUT2D eigenvalue weighted by Crippen LogP contribution is -2.46. The molecule has 0 bridgehead atoms. The van der Waals surface area contributed by atoms with Crippen molar-refractivity contribution in [3.63, 3.8) is 0 Å². The molecule has 0 aromatic heterocycles. The first kappa shape index (κ1) is 40.3. The summed E-state index contributed by atoms with van der Waals surface area (Å²) in [6, 6.07) is 0. The van der Waals surface area contributed by atoms with Crippen LogP contribution in [0.15, 0.2) is 0 Å². The van der Waals surface area contributed by atoms with Crippen molar-refractivity contribution in [3.8, 4) is 47.5 Å². The predicted octanol–water partition coefficient (Wildman–Crippen LogP) is 9.27. The molecule has 0 aliphatic heterocycles. The van der Waals surface area contributed by atoms with Crippen molar-refractivity contribution in [2.45, 2.75) is 163 Å². The number of benzene rings is 1. The molecule has 0 fully saturated rings. The summed E-state index contributed by atoms with van der Waals surface area (Å²) in [6.07, 6.45) is 24.8. The Hall–Kier alpha value is -3.69. The molecule has 1 N–H and O–H groups in total. The highest BCUT2D eigenvalue weighted by Gasteiger charge is 2.28. The normalized spacial score (nSPS) is 11.6. The van der Waals surface area contributed by atoms with Gasteiger partial charge in [0.05, 0.1) is 0 Å². The van der Waals surface area contributed by atoms with Gasteiger partial charge in [0.2, 0.25) is 0 Å². The summed E-state index contributed by atoms with van der Waals surface area (Å²) in [5.74, 6) is 11.8. The molecule has 1 rings (SSSR count). The average Bonchev–Trinajstić information content (AvgIpc) is 3.00.